The molecule has 0 saturated heterocycles. The number of hydrogen-bond acceptors (Lipinski definition) is 4. The van der Waals surface area contributed by atoms with E-state index in [0.717, 1.165) is 27.1 Å². The Balaban J connectivity index is 1.67. The molecule has 0 atom stereocenters. The van der Waals surface area contributed by atoms with Crippen LogP contribution in [-0.4, -0.2) is 15.9 Å². The highest BCUT2D eigenvalue weighted by Crippen LogP contribution is 2.22. The molecule has 0 radical (unpaired) electrons. The first kappa shape index (κ1) is 16.6. The highest BCUT2D eigenvalue weighted by atomic mass is 79.9. The van der Waals surface area contributed by atoms with Crippen molar-refractivity contribution >= 4 is 21.7 Å². The van der Waals surface area contributed by atoms with E-state index in [4.69, 9.17) is 4.52 Å². The smallest absolute Gasteiger partial charge is 0.165 e. The number of ketones is 1. The molecule has 0 unspecified atom stereocenters. The Morgan fingerprint density at radius 1 is 1.12 bits per heavy atom. The van der Waals surface area contributed by atoms with Gasteiger partial charge in [-0.3, -0.25) is 9.78 Å². The van der Waals surface area contributed by atoms with Crippen molar-refractivity contribution in [3.05, 3.63) is 69.6 Å². The van der Waals surface area contributed by atoms with Crippen molar-refractivity contribution < 1.29 is 9.32 Å². The lowest BCUT2D eigenvalue weighted by Crippen LogP contribution is -2.05. The molecule has 0 saturated carbocycles. The summed E-state index contributed by atoms with van der Waals surface area (Å²) in [6.45, 7) is 3.78. The van der Waals surface area contributed by atoms with E-state index in [0.29, 0.717) is 24.2 Å². The zero-order valence-electron chi connectivity index (χ0n) is 13.5. The molecule has 0 spiro atoms. The van der Waals surface area contributed by atoms with Gasteiger partial charge >= 0.3 is 0 Å². The van der Waals surface area contributed by atoms with E-state index in [9.17, 15) is 4.79 Å². The first-order chi connectivity index (χ1) is 11.5. The summed E-state index contributed by atoms with van der Waals surface area (Å²) < 4.78 is 6.37. The summed E-state index contributed by atoms with van der Waals surface area (Å²) in [5.74, 6) is 0.778. The van der Waals surface area contributed by atoms with E-state index < -0.39 is 0 Å². The second-order valence-corrected chi connectivity index (χ2v) is 6.61. The second kappa shape index (κ2) is 7.09. The van der Waals surface area contributed by atoms with Crippen molar-refractivity contribution in [2.24, 2.45) is 0 Å². The van der Waals surface area contributed by atoms with E-state index >= 15 is 0 Å². The van der Waals surface area contributed by atoms with Crippen LogP contribution in [0.2, 0.25) is 0 Å². The fraction of sp³-hybridized carbons (Fsp3) is 0.211. The topological polar surface area (TPSA) is 56.0 Å². The van der Waals surface area contributed by atoms with Crippen LogP contribution in [0.4, 0.5) is 0 Å². The highest BCUT2D eigenvalue weighted by molar-refractivity contribution is 9.10. The number of aromatic nitrogens is 2. The van der Waals surface area contributed by atoms with Crippen molar-refractivity contribution in [3.63, 3.8) is 0 Å². The van der Waals surface area contributed by atoms with Gasteiger partial charge in [0.2, 0.25) is 0 Å². The zero-order valence-corrected chi connectivity index (χ0v) is 15.1. The summed E-state index contributed by atoms with van der Waals surface area (Å²) >= 11 is 3.41. The molecule has 3 rings (SSSR count). The van der Waals surface area contributed by atoms with E-state index in [-0.39, 0.29) is 5.78 Å². The number of carbonyl (C=O) groups is 1. The molecule has 0 aliphatic heterocycles. The average molecular weight is 385 g/mol. The molecular formula is C19H17BrN2O2. The molecule has 0 aliphatic rings. The van der Waals surface area contributed by atoms with Crippen molar-refractivity contribution in [3.8, 4) is 11.3 Å². The van der Waals surface area contributed by atoms with Crippen molar-refractivity contribution in [1.82, 2.24) is 10.1 Å². The van der Waals surface area contributed by atoms with E-state index in [1.165, 1.54) is 0 Å². The first-order valence-corrected chi connectivity index (χ1v) is 8.51. The lowest BCUT2D eigenvalue weighted by atomic mass is 10.0. The Kier molecular flexibility index (Phi) is 4.90. The van der Waals surface area contributed by atoms with Gasteiger partial charge in [0.25, 0.3) is 0 Å². The number of rotatable bonds is 5. The SMILES string of the molecule is Cc1ccc(C(=O)CCc2cc(-c3ccc(Br)cc3)no2)c(C)n1. The molecule has 0 amide bonds. The number of benzene rings is 1. The number of carbonyl (C=O) groups excluding carboxylic acids is 1. The summed E-state index contributed by atoms with van der Waals surface area (Å²) in [5, 5.41) is 4.08. The largest absolute Gasteiger partial charge is 0.361 e. The maximum atomic E-state index is 12.4. The molecule has 24 heavy (non-hydrogen) atoms. The third-order valence-corrected chi connectivity index (χ3v) is 4.35. The Morgan fingerprint density at radius 3 is 2.58 bits per heavy atom. The maximum absolute atomic E-state index is 12.4. The van der Waals surface area contributed by atoms with Crippen molar-refractivity contribution in [2.75, 3.05) is 0 Å². The van der Waals surface area contributed by atoms with Gasteiger partial charge in [-0.1, -0.05) is 33.2 Å². The minimum absolute atomic E-state index is 0.0709. The molecule has 2 aromatic heterocycles. The zero-order chi connectivity index (χ0) is 17.1. The van der Waals surface area contributed by atoms with Crippen LogP contribution >= 0.6 is 15.9 Å². The summed E-state index contributed by atoms with van der Waals surface area (Å²) in [4.78, 5) is 16.7. The molecule has 5 heteroatoms. The molecule has 3 aromatic rings. The quantitative estimate of drug-likeness (QED) is 0.585. The van der Waals surface area contributed by atoms with Crippen LogP contribution in [0.25, 0.3) is 11.3 Å². The molecule has 4 nitrogen and oxygen atoms in total. The number of Topliss-reactive ketones (excluding diaryl/α,β-unsaturated/α-hetero) is 1. The summed E-state index contributed by atoms with van der Waals surface area (Å²) in [6.07, 6.45) is 0.899. The molecule has 1 aromatic carbocycles. The predicted molar refractivity (Wildman–Crippen MR) is 96.0 cm³/mol. The molecule has 0 fully saturated rings. The van der Waals surface area contributed by atoms with E-state index in [1.54, 1.807) is 0 Å². The molecule has 2 heterocycles. The van der Waals surface area contributed by atoms with Crippen LogP contribution in [0.15, 0.2) is 51.5 Å². The van der Waals surface area contributed by atoms with Crippen LogP contribution in [0.3, 0.4) is 0 Å². The number of pyridine rings is 1. The van der Waals surface area contributed by atoms with Gasteiger partial charge in [0.15, 0.2) is 5.78 Å². The van der Waals surface area contributed by atoms with Crippen LogP contribution in [-0.2, 0) is 6.42 Å². The number of nitrogens with zero attached hydrogens (tertiary/aromatic N) is 2. The Bertz CT molecular complexity index is 869. The summed E-state index contributed by atoms with van der Waals surface area (Å²) in [5.41, 5.74) is 4.12. The van der Waals surface area contributed by atoms with Crippen LogP contribution in [0.5, 0.6) is 0 Å². The van der Waals surface area contributed by atoms with E-state index in [1.807, 2.05) is 56.3 Å². The minimum Gasteiger partial charge on any atom is -0.361 e. The monoisotopic (exact) mass is 384 g/mol. The fourth-order valence-electron chi connectivity index (χ4n) is 2.54. The van der Waals surface area contributed by atoms with Gasteiger partial charge in [0, 0.05) is 45.9 Å². The number of halogens is 1. The molecular weight excluding hydrogens is 368 g/mol. The molecule has 122 valence electrons. The summed E-state index contributed by atoms with van der Waals surface area (Å²) in [6, 6.07) is 13.4. The fourth-order valence-corrected chi connectivity index (χ4v) is 2.80. The van der Waals surface area contributed by atoms with Crippen LogP contribution < -0.4 is 0 Å². The van der Waals surface area contributed by atoms with Crippen molar-refractivity contribution in [2.45, 2.75) is 26.7 Å². The summed E-state index contributed by atoms with van der Waals surface area (Å²) in [7, 11) is 0. The third-order valence-electron chi connectivity index (χ3n) is 3.82. The van der Waals surface area contributed by atoms with Gasteiger partial charge in [-0.2, -0.15) is 0 Å². The Morgan fingerprint density at radius 2 is 1.88 bits per heavy atom. The lowest BCUT2D eigenvalue weighted by Gasteiger charge is -2.04. The molecule has 0 N–H and O–H groups in total. The average Bonchev–Trinajstić information content (AvgIpc) is 3.02. The van der Waals surface area contributed by atoms with Gasteiger partial charge in [-0.15, -0.1) is 0 Å². The van der Waals surface area contributed by atoms with E-state index in [2.05, 4.69) is 26.1 Å². The van der Waals surface area contributed by atoms with Gasteiger partial charge in [0.1, 0.15) is 11.5 Å². The normalized spacial score (nSPS) is 10.8. The lowest BCUT2D eigenvalue weighted by molar-refractivity contribution is 0.0979. The van der Waals surface area contributed by atoms with Crippen LogP contribution in [0.1, 0.15) is 33.9 Å². The van der Waals surface area contributed by atoms with Crippen LogP contribution in [0, 0.1) is 13.8 Å². The standard InChI is InChI=1S/C19H17BrN2O2/c1-12-3-9-17(13(2)21-12)19(23)10-8-16-11-18(22-24-16)14-4-6-15(20)7-5-14/h3-7,9,11H,8,10H2,1-2H3. The second-order valence-electron chi connectivity index (χ2n) is 5.69. The number of aryl methyl sites for hydroxylation is 3. The Labute approximate surface area is 149 Å². The van der Waals surface area contributed by atoms with Gasteiger partial charge < -0.3 is 4.52 Å². The Hall–Kier alpha value is -2.27. The third kappa shape index (κ3) is 3.79. The maximum Gasteiger partial charge on any atom is 0.165 e. The highest BCUT2D eigenvalue weighted by Gasteiger charge is 2.13. The number of hydrogen-bond donors (Lipinski definition) is 0. The van der Waals surface area contributed by atoms with Gasteiger partial charge in [-0.25, -0.2) is 0 Å². The van der Waals surface area contributed by atoms with Gasteiger partial charge in [0.05, 0.1) is 0 Å². The minimum atomic E-state index is 0.0709. The molecule has 0 aliphatic carbocycles. The predicted octanol–water partition coefficient (Wildman–Crippen LogP) is 4.93. The molecule has 0 bridgehead atoms. The first-order valence-electron chi connectivity index (χ1n) is 7.72. The van der Waals surface area contributed by atoms with Gasteiger partial charge in [-0.05, 0) is 38.1 Å². The van der Waals surface area contributed by atoms with Crippen molar-refractivity contribution in [1.29, 1.82) is 0 Å².